The van der Waals surface area contributed by atoms with Gasteiger partial charge >= 0.3 is 0 Å². The van der Waals surface area contributed by atoms with E-state index in [9.17, 15) is 13.5 Å². The highest BCUT2D eigenvalue weighted by molar-refractivity contribution is 7.91. The SMILES string of the molecule is O=S1(=O)CCc2c1ccc1ncnc(Nc3ccc(O)nc3)c21. The molecule has 1 aromatic carbocycles. The van der Waals surface area contributed by atoms with Crippen LogP contribution in [0.15, 0.2) is 41.7 Å². The average Bonchev–Trinajstić information content (AvgIpc) is 2.85. The van der Waals surface area contributed by atoms with E-state index < -0.39 is 9.84 Å². The Hall–Kier alpha value is -2.74. The molecule has 0 fully saturated rings. The highest BCUT2D eigenvalue weighted by Gasteiger charge is 2.29. The third-order valence-corrected chi connectivity index (χ3v) is 5.63. The fourth-order valence-corrected chi connectivity index (χ4v) is 4.33. The van der Waals surface area contributed by atoms with E-state index in [4.69, 9.17) is 0 Å². The Kier molecular flexibility index (Phi) is 2.95. The summed E-state index contributed by atoms with van der Waals surface area (Å²) in [6, 6.07) is 6.43. The second-order valence-electron chi connectivity index (χ2n) is 5.26. The molecule has 7 nitrogen and oxygen atoms in total. The van der Waals surface area contributed by atoms with E-state index in [-0.39, 0.29) is 11.6 Å². The van der Waals surface area contributed by atoms with Crippen LogP contribution in [0.25, 0.3) is 10.9 Å². The Morgan fingerprint density at radius 1 is 1.09 bits per heavy atom. The van der Waals surface area contributed by atoms with Crippen molar-refractivity contribution in [2.45, 2.75) is 11.3 Å². The molecule has 3 heterocycles. The van der Waals surface area contributed by atoms with Gasteiger partial charge in [0, 0.05) is 11.5 Å². The molecule has 3 aromatic rings. The molecule has 1 aliphatic rings. The van der Waals surface area contributed by atoms with Gasteiger partial charge in [0.1, 0.15) is 12.1 Å². The van der Waals surface area contributed by atoms with Crippen molar-refractivity contribution >= 4 is 32.2 Å². The van der Waals surface area contributed by atoms with Crippen molar-refractivity contribution in [2.24, 2.45) is 0 Å². The van der Waals surface area contributed by atoms with Crippen LogP contribution in [0, 0.1) is 0 Å². The van der Waals surface area contributed by atoms with Crippen LogP contribution in [-0.2, 0) is 16.3 Å². The van der Waals surface area contributed by atoms with Crippen molar-refractivity contribution < 1.29 is 13.5 Å². The molecule has 0 saturated carbocycles. The van der Waals surface area contributed by atoms with Crippen LogP contribution in [0.2, 0.25) is 0 Å². The van der Waals surface area contributed by atoms with Crippen LogP contribution < -0.4 is 5.32 Å². The summed E-state index contributed by atoms with van der Waals surface area (Å²) in [5.74, 6) is 0.558. The lowest BCUT2D eigenvalue weighted by molar-refractivity contribution is 0.453. The van der Waals surface area contributed by atoms with Gasteiger partial charge in [0.05, 0.1) is 28.0 Å². The van der Waals surface area contributed by atoms with Crippen LogP contribution >= 0.6 is 0 Å². The summed E-state index contributed by atoms with van der Waals surface area (Å²) in [5, 5.41) is 13.1. The number of rotatable bonds is 2. The Bertz CT molecular complexity index is 1020. The van der Waals surface area contributed by atoms with Gasteiger partial charge in [-0.1, -0.05) is 0 Å². The average molecular weight is 328 g/mol. The fraction of sp³-hybridized carbons (Fsp3) is 0.133. The zero-order valence-corrected chi connectivity index (χ0v) is 12.7. The molecule has 0 radical (unpaired) electrons. The molecule has 1 aliphatic heterocycles. The summed E-state index contributed by atoms with van der Waals surface area (Å²) in [4.78, 5) is 12.6. The van der Waals surface area contributed by atoms with E-state index in [1.54, 1.807) is 18.2 Å². The molecule has 2 N–H and O–H groups in total. The van der Waals surface area contributed by atoms with Gasteiger partial charge in [0.2, 0.25) is 5.88 Å². The number of fused-ring (bicyclic) bond motifs is 3. The fourth-order valence-electron chi connectivity index (χ4n) is 2.78. The monoisotopic (exact) mass is 328 g/mol. The summed E-state index contributed by atoms with van der Waals surface area (Å²) in [6.07, 6.45) is 3.35. The van der Waals surface area contributed by atoms with Gasteiger partial charge in [-0.2, -0.15) is 0 Å². The maximum atomic E-state index is 12.1. The molecule has 0 spiro atoms. The number of aromatic hydroxyl groups is 1. The minimum absolute atomic E-state index is 0.0740. The first-order chi connectivity index (χ1) is 11.0. The third-order valence-electron chi connectivity index (χ3n) is 3.83. The molecule has 116 valence electrons. The van der Waals surface area contributed by atoms with Gasteiger partial charge in [-0.05, 0) is 30.2 Å². The summed E-state index contributed by atoms with van der Waals surface area (Å²) >= 11 is 0. The number of nitrogens with one attached hydrogen (secondary N) is 1. The number of aromatic nitrogens is 3. The van der Waals surface area contributed by atoms with Crippen LogP contribution in [0.1, 0.15) is 5.56 Å². The number of nitrogens with zero attached hydrogens (tertiary/aromatic N) is 3. The lowest BCUT2D eigenvalue weighted by atomic mass is 10.1. The largest absolute Gasteiger partial charge is 0.493 e. The summed E-state index contributed by atoms with van der Waals surface area (Å²) < 4.78 is 24.2. The third kappa shape index (κ3) is 2.27. The molecule has 0 aliphatic carbocycles. The Labute approximate surface area is 132 Å². The van der Waals surface area contributed by atoms with E-state index in [2.05, 4.69) is 20.3 Å². The Morgan fingerprint density at radius 2 is 1.96 bits per heavy atom. The van der Waals surface area contributed by atoms with Crippen LogP contribution in [0.4, 0.5) is 11.5 Å². The molecule has 8 heteroatoms. The number of benzene rings is 1. The number of sulfone groups is 1. The van der Waals surface area contributed by atoms with Crippen molar-refractivity contribution in [3.8, 4) is 5.88 Å². The predicted molar refractivity (Wildman–Crippen MR) is 84.5 cm³/mol. The van der Waals surface area contributed by atoms with Crippen molar-refractivity contribution in [3.05, 3.63) is 42.4 Å². The molecule has 0 unspecified atom stereocenters. The highest BCUT2D eigenvalue weighted by atomic mass is 32.2. The first-order valence-electron chi connectivity index (χ1n) is 6.96. The molecule has 2 aromatic heterocycles. The maximum Gasteiger partial charge on any atom is 0.210 e. The number of anilines is 2. The lowest BCUT2D eigenvalue weighted by Crippen LogP contribution is -2.00. The highest BCUT2D eigenvalue weighted by Crippen LogP contribution is 2.35. The van der Waals surface area contributed by atoms with E-state index in [0.717, 1.165) is 5.56 Å². The maximum absolute atomic E-state index is 12.1. The molecular formula is C15H12N4O3S. The van der Waals surface area contributed by atoms with Gasteiger partial charge in [0.25, 0.3) is 0 Å². The van der Waals surface area contributed by atoms with Crippen LogP contribution in [-0.4, -0.2) is 34.2 Å². The summed E-state index contributed by atoms with van der Waals surface area (Å²) in [5.41, 5.74) is 2.07. The first-order valence-corrected chi connectivity index (χ1v) is 8.61. The van der Waals surface area contributed by atoms with Crippen molar-refractivity contribution in [1.29, 1.82) is 0 Å². The second-order valence-corrected chi connectivity index (χ2v) is 7.34. The van der Waals surface area contributed by atoms with Gasteiger partial charge in [-0.3, -0.25) is 0 Å². The Balaban J connectivity index is 1.90. The topological polar surface area (TPSA) is 105 Å². The van der Waals surface area contributed by atoms with E-state index in [0.29, 0.717) is 33.7 Å². The second kappa shape index (κ2) is 4.88. The van der Waals surface area contributed by atoms with Crippen LogP contribution in [0.3, 0.4) is 0 Å². The normalized spacial score (nSPS) is 15.5. The molecule has 0 atom stereocenters. The number of pyridine rings is 1. The van der Waals surface area contributed by atoms with Gasteiger partial charge < -0.3 is 10.4 Å². The summed E-state index contributed by atoms with van der Waals surface area (Å²) in [6.45, 7) is 0. The minimum atomic E-state index is -3.22. The van der Waals surface area contributed by atoms with Crippen molar-refractivity contribution in [3.63, 3.8) is 0 Å². The zero-order valence-electron chi connectivity index (χ0n) is 11.9. The first kappa shape index (κ1) is 13.9. The zero-order chi connectivity index (χ0) is 16.0. The smallest absolute Gasteiger partial charge is 0.210 e. The van der Waals surface area contributed by atoms with Gasteiger partial charge in [0.15, 0.2) is 9.84 Å². The molecule has 0 amide bonds. The van der Waals surface area contributed by atoms with Crippen LogP contribution in [0.5, 0.6) is 5.88 Å². The van der Waals surface area contributed by atoms with E-state index >= 15 is 0 Å². The molecule has 4 rings (SSSR count). The standard InChI is InChI=1S/C15H12N4O3S/c20-13-4-1-9(7-16-13)19-15-14-10-5-6-23(21,22)12(10)3-2-11(14)17-8-18-15/h1-4,7-8H,5-6H2,(H,16,20)(H,17,18,19). The molecule has 0 bridgehead atoms. The molecule has 0 saturated heterocycles. The molecular weight excluding hydrogens is 316 g/mol. The Morgan fingerprint density at radius 3 is 2.74 bits per heavy atom. The number of aryl methyl sites for hydroxylation is 1. The molecule has 23 heavy (non-hydrogen) atoms. The number of hydrogen-bond donors (Lipinski definition) is 2. The quantitative estimate of drug-likeness (QED) is 0.739. The van der Waals surface area contributed by atoms with E-state index in [1.807, 2.05) is 0 Å². The lowest BCUT2D eigenvalue weighted by Gasteiger charge is -2.11. The summed E-state index contributed by atoms with van der Waals surface area (Å²) in [7, 11) is -3.22. The van der Waals surface area contributed by atoms with Gasteiger partial charge in [-0.25, -0.2) is 23.4 Å². The van der Waals surface area contributed by atoms with Crippen molar-refractivity contribution in [2.75, 3.05) is 11.1 Å². The minimum Gasteiger partial charge on any atom is -0.493 e. The predicted octanol–water partition coefficient (Wildman–Crippen LogP) is 1.80. The van der Waals surface area contributed by atoms with E-state index in [1.165, 1.54) is 18.6 Å². The van der Waals surface area contributed by atoms with Gasteiger partial charge in [-0.15, -0.1) is 0 Å². The van der Waals surface area contributed by atoms with Crippen molar-refractivity contribution in [1.82, 2.24) is 15.0 Å². The number of hydrogen-bond acceptors (Lipinski definition) is 7.